The summed E-state index contributed by atoms with van der Waals surface area (Å²) in [7, 11) is 4.15. The monoisotopic (exact) mass is 226 g/mol. The minimum Gasteiger partial charge on any atom is -0.376 e. The zero-order valence-corrected chi connectivity index (χ0v) is 10.4. The van der Waals surface area contributed by atoms with Crippen LogP contribution in [0.2, 0.25) is 0 Å². The van der Waals surface area contributed by atoms with Gasteiger partial charge in [0.25, 0.3) is 0 Å². The third-order valence-corrected chi connectivity index (χ3v) is 3.76. The number of ether oxygens (including phenoxy) is 1. The summed E-state index contributed by atoms with van der Waals surface area (Å²) < 4.78 is 5.69. The quantitative estimate of drug-likeness (QED) is 0.719. The van der Waals surface area contributed by atoms with Gasteiger partial charge in [-0.25, -0.2) is 0 Å². The van der Waals surface area contributed by atoms with Gasteiger partial charge in [0.1, 0.15) is 0 Å². The first-order valence-electron chi connectivity index (χ1n) is 5.90. The van der Waals surface area contributed by atoms with Crippen molar-refractivity contribution in [1.82, 2.24) is 9.80 Å². The average Bonchev–Trinajstić information content (AvgIpc) is 2.72. The van der Waals surface area contributed by atoms with Crippen molar-refractivity contribution in [3.05, 3.63) is 0 Å². The molecule has 0 aromatic rings. The second-order valence-corrected chi connectivity index (χ2v) is 5.00. The standard InChI is InChI=1S/C11H22N4O/c1-9-11(4-7-16-9)8-13-10(12)15(11)6-5-14(2)3/h9H,4-8H2,1-3H3,(H2,12,13). The fraction of sp³-hybridized carbons (Fsp3) is 0.909. The van der Waals surface area contributed by atoms with Gasteiger partial charge in [-0.15, -0.1) is 0 Å². The van der Waals surface area contributed by atoms with E-state index in [2.05, 4.69) is 35.8 Å². The molecule has 0 radical (unpaired) electrons. The molecule has 2 atom stereocenters. The molecule has 2 unspecified atom stereocenters. The molecule has 2 N–H and O–H groups in total. The highest BCUT2D eigenvalue weighted by Crippen LogP contribution is 2.35. The van der Waals surface area contributed by atoms with Crippen molar-refractivity contribution in [1.29, 1.82) is 0 Å². The van der Waals surface area contributed by atoms with Crippen molar-refractivity contribution in [2.75, 3.05) is 40.3 Å². The Labute approximate surface area is 97.2 Å². The summed E-state index contributed by atoms with van der Waals surface area (Å²) in [6.45, 7) is 5.65. The first-order chi connectivity index (χ1) is 7.56. The Morgan fingerprint density at radius 3 is 2.94 bits per heavy atom. The molecule has 0 aliphatic carbocycles. The highest BCUT2D eigenvalue weighted by Gasteiger charge is 2.50. The van der Waals surface area contributed by atoms with Crippen LogP contribution in [-0.2, 0) is 4.74 Å². The molecule has 92 valence electrons. The number of hydrogen-bond donors (Lipinski definition) is 1. The first-order valence-corrected chi connectivity index (χ1v) is 5.90. The molecule has 2 heterocycles. The molecule has 1 fully saturated rings. The highest BCUT2D eigenvalue weighted by molar-refractivity contribution is 5.81. The summed E-state index contributed by atoms with van der Waals surface area (Å²) in [5.74, 6) is 0.680. The lowest BCUT2D eigenvalue weighted by Crippen LogP contribution is -2.57. The molecular formula is C11H22N4O. The van der Waals surface area contributed by atoms with Crippen LogP contribution in [0.25, 0.3) is 0 Å². The summed E-state index contributed by atoms with van der Waals surface area (Å²) in [5, 5.41) is 0. The van der Waals surface area contributed by atoms with Crippen molar-refractivity contribution in [3.63, 3.8) is 0 Å². The molecule has 5 heteroatoms. The zero-order chi connectivity index (χ0) is 11.8. The smallest absolute Gasteiger partial charge is 0.192 e. The minimum absolute atomic E-state index is 0.0279. The van der Waals surface area contributed by atoms with Crippen LogP contribution in [0.5, 0.6) is 0 Å². The lowest BCUT2D eigenvalue weighted by atomic mass is 9.91. The Balaban J connectivity index is 2.09. The summed E-state index contributed by atoms with van der Waals surface area (Å²) in [4.78, 5) is 8.81. The lowest BCUT2D eigenvalue weighted by molar-refractivity contribution is 0.0540. The van der Waals surface area contributed by atoms with Crippen molar-refractivity contribution in [2.24, 2.45) is 10.7 Å². The Kier molecular flexibility index (Phi) is 3.08. The third kappa shape index (κ3) is 1.78. The van der Waals surface area contributed by atoms with E-state index in [4.69, 9.17) is 10.5 Å². The van der Waals surface area contributed by atoms with Crippen molar-refractivity contribution >= 4 is 5.96 Å². The lowest BCUT2D eigenvalue weighted by Gasteiger charge is -2.38. The maximum absolute atomic E-state index is 5.98. The van der Waals surface area contributed by atoms with Crippen LogP contribution in [-0.4, -0.2) is 67.7 Å². The van der Waals surface area contributed by atoms with Gasteiger partial charge in [0.2, 0.25) is 0 Å². The van der Waals surface area contributed by atoms with Crippen LogP contribution in [0.1, 0.15) is 13.3 Å². The number of nitrogens with two attached hydrogens (primary N) is 1. The van der Waals surface area contributed by atoms with E-state index in [0.717, 1.165) is 32.7 Å². The normalized spacial score (nSPS) is 34.1. The van der Waals surface area contributed by atoms with Crippen molar-refractivity contribution in [2.45, 2.75) is 25.0 Å². The fourth-order valence-electron chi connectivity index (χ4n) is 2.59. The maximum atomic E-state index is 5.98. The topological polar surface area (TPSA) is 54.1 Å². The molecule has 1 spiro atoms. The molecule has 0 bridgehead atoms. The molecule has 0 saturated carbocycles. The van der Waals surface area contributed by atoms with E-state index in [1.165, 1.54) is 0 Å². The van der Waals surface area contributed by atoms with E-state index in [-0.39, 0.29) is 11.6 Å². The molecule has 2 aliphatic rings. The van der Waals surface area contributed by atoms with Gasteiger partial charge in [-0.1, -0.05) is 0 Å². The number of aliphatic imine (C=N–C) groups is 1. The number of hydrogen-bond acceptors (Lipinski definition) is 5. The van der Waals surface area contributed by atoms with Gasteiger partial charge in [-0.2, -0.15) is 0 Å². The second-order valence-electron chi connectivity index (χ2n) is 5.00. The summed E-state index contributed by atoms with van der Waals surface area (Å²) in [6, 6.07) is 0. The summed E-state index contributed by atoms with van der Waals surface area (Å²) >= 11 is 0. The van der Waals surface area contributed by atoms with E-state index < -0.39 is 0 Å². The molecular weight excluding hydrogens is 204 g/mol. The second kappa shape index (κ2) is 4.22. The van der Waals surface area contributed by atoms with Gasteiger partial charge < -0.3 is 20.3 Å². The summed E-state index contributed by atoms with van der Waals surface area (Å²) in [6.07, 6.45) is 1.26. The number of rotatable bonds is 3. The molecule has 5 nitrogen and oxygen atoms in total. The van der Waals surface area contributed by atoms with Crippen molar-refractivity contribution in [3.8, 4) is 0 Å². The molecule has 16 heavy (non-hydrogen) atoms. The number of nitrogens with zero attached hydrogens (tertiary/aromatic N) is 3. The van der Waals surface area contributed by atoms with Crippen LogP contribution >= 0.6 is 0 Å². The number of guanidine groups is 1. The molecule has 2 aliphatic heterocycles. The Morgan fingerprint density at radius 1 is 1.62 bits per heavy atom. The van der Waals surface area contributed by atoms with Crippen LogP contribution in [0.4, 0.5) is 0 Å². The average molecular weight is 226 g/mol. The molecule has 1 saturated heterocycles. The van der Waals surface area contributed by atoms with Crippen LogP contribution in [0.3, 0.4) is 0 Å². The third-order valence-electron chi connectivity index (χ3n) is 3.76. The van der Waals surface area contributed by atoms with Gasteiger partial charge in [-0.05, 0) is 27.4 Å². The number of likely N-dealkylation sites (N-methyl/N-ethyl adjacent to an activating group) is 1. The van der Waals surface area contributed by atoms with Crippen LogP contribution in [0, 0.1) is 0 Å². The highest BCUT2D eigenvalue weighted by atomic mass is 16.5. The van der Waals surface area contributed by atoms with Gasteiger partial charge in [0, 0.05) is 19.7 Å². The minimum atomic E-state index is 0.0279. The van der Waals surface area contributed by atoms with Gasteiger partial charge in [-0.3, -0.25) is 4.99 Å². The van der Waals surface area contributed by atoms with Gasteiger partial charge >= 0.3 is 0 Å². The molecule has 0 aromatic heterocycles. The van der Waals surface area contributed by atoms with E-state index in [1.807, 2.05) is 0 Å². The van der Waals surface area contributed by atoms with Crippen LogP contribution in [0.15, 0.2) is 4.99 Å². The van der Waals surface area contributed by atoms with Gasteiger partial charge in [0.05, 0.1) is 18.2 Å². The van der Waals surface area contributed by atoms with E-state index in [1.54, 1.807) is 0 Å². The van der Waals surface area contributed by atoms with E-state index in [9.17, 15) is 0 Å². The van der Waals surface area contributed by atoms with Crippen molar-refractivity contribution < 1.29 is 4.74 Å². The van der Waals surface area contributed by atoms with Gasteiger partial charge in [0.15, 0.2) is 5.96 Å². The maximum Gasteiger partial charge on any atom is 0.192 e. The SMILES string of the molecule is CC1OCCC12CN=C(N)N2CCN(C)C. The Morgan fingerprint density at radius 2 is 2.38 bits per heavy atom. The summed E-state index contributed by atoms with van der Waals surface area (Å²) in [5.41, 5.74) is 6.01. The predicted octanol–water partition coefficient (Wildman–Crippen LogP) is -0.274. The molecule has 2 rings (SSSR count). The Hall–Kier alpha value is -0.810. The molecule has 0 aromatic carbocycles. The van der Waals surface area contributed by atoms with E-state index in [0.29, 0.717) is 5.96 Å². The van der Waals surface area contributed by atoms with Crippen LogP contribution < -0.4 is 5.73 Å². The predicted molar refractivity (Wildman–Crippen MR) is 64.5 cm³/mol. The van der Waals surface area contributed by atoms with E-state index >= 15 is 0 Å². The zero-order valence-electron chi connectivity index (χ0n) is 10.4. The largest absolute Gasteiger partial charge is 0.376 e. The Bertz CT molecular complexity index is 292. The fourth-order valence-corrected chi connectivity index (χ4v) is 2.59. The molecule has 0 amide bonds. The first kappa shape index (κ1) is 11.7.